The van der Waals surface area contributed by atoms with Gasteiger partial charge in [0.05, 0.1) is 5.52 Å². The summed E-state index contributed by atoms with van der Waals surface area (Å²) >= 11 is 0. The SMILES string of the molecule is Cc1cc(C)c2[nH]c(=O)c(CN3CCN4CCN(C)C[C@@H]4C3)cc2c1. The van der Waals surface area contributed by atoms with Crippen LogP contribution in [0, 0.1) is 13.8 Å². The van der Waals surface area contributed by atoms with Gasteiger partial charge in [-0.3, -0.25) is 14.6 Å². The Hall–Kier alpha value is -1.69. The second kappa shape index (κ2) is 6.56. The van der Waals surface area contributed by atoms with Crippen molar-refractivity contribution in [2.45, 2.75) is 26.4 Å². The first kappa shape index (κ1) is 16.8. The molecule has 2 aliphatic heterocycles. The van der Waals surface area contributed by atoms with Crippen LogP contribution >= 0.6 is 0 Å². The molecule has 1 aromatic heterocycles. The zero-order valence-electron chi connectivity index (χ0n) is 15.5. The Balaban J connectivity index is 1.56. The normalized spacial score (nSPS) is 23.1. The quantitative estimate of drug-likeness (QED) is 0.901. The van der Waals surface area contributed by atoms with Gasteiger partial charge in [-0.15, -0.1) is 0 Å². The molecule has 25 heavy (non-hydrogen) atoms. The van der Waals surface area contributed by atoms with Crippen LogP contribution in [0.2, 0.25) is 0 Å². The smallest absolute Gasteiger partial charge is 0.252 e. The van der Waals surface area contributed by atoms with Crippen LogP contribution < -0.4 is 5.56 Å². The molecule has 4 rings (SSSR count). The third-order valence-electron chi connectivity index (χ3n) is 5.74. The van der Waals surface area contributed by atoms with E-state index in [4.69, 9.17) is 0 Å². The molecule has 134 valence electrons. The van der Waals surface area contributed by atoms with Crippen LogP contribution in [0.4, 0.5) is 0 Å². The molecule has 1 N–H and O–H groups in total. The van der Waals surface area contributed by atoms with Crippen molar-refractivity contribution in [3.8, 4) is 0 Å². The van der Waals surface area contributed by atoms with Crippen LogP contribution in [0.15, 0.2) is 23.0 Å². The van der Waals surface area contributed by atoms with Gasteiger partial charge in [-0.2, -0.15) is 0 Å². The highest BCUT2D eigenvalue weighted by Crippen LogP contribution is 2.20. The third kappa shape index (κ3) is 3.36. The lowest BCUT2D eigenvalue weighted by atomic mass is 10.0. The van der Waals surface area contributed by atoms with Gasteiger partial charge in [-0.05, 0) is 44.0 Å². The number of piperazine rings is 2. The number of aryl methyl sites for hydroxylation is 2. The summed E-state index contributed by atoms with van der Waals surface area (Å²) in [4.78, 5) is 23.1. The van der Waals surface area contributed by atoms with Gasteiger partial charge in [0.25, 0.3) is 5.56 Å². The van der Waals surface area contributed by atoms with Crippen molar-refractivity contribution in [2.75, 3.05) is 46.3 Å². The summed E-state index contributed by atoms with van der Waals surface area (Å²) in [6.45, 7) is 11.6. The molecule has 0 aliphatic carbocycles. The molecule has 2 saturated heterocycles. The average Bonchev–Trinajstić information content (AvgIpc) is 2.56. The molecule has 0 amide bonds. The highest BCUT2D eigenvalue weighted by Gasteiger charge is 2.30. The van der Waals surface area contributed by atoms with E-state index in [1.165, 1.54) is 18.7 Å². The summed E-state index contributed by atoms with van der Waals surface area (Å²) in [7, 11) is 2.20. The van der Waals surface area contributed by atoms with Crippen molar-refractivity contribution in [1.82, 2.24) is 19.7 Å². The van der Waals surface area contributed by atoms with Crippen LogP contribution in [0.5, 0.6) is 0 Å². The van der Waals surface area contributed by atoms with E-state index in [1.807, 2.05) is 0 Å². The minimum Gasteiger partial charge on any atom is -0.321 e. The van der Waals surface area contributed by atoms with Crippen LogP contribution in [0.3, 0.4) is 0 Å². The molecule has 5 heteroatoms. The number of benzene rings is 1. The lowest BCUT2D eigenvalue weighted by molar-refractivity contribution is 0.0174. The number of H-pyrrole nitrogens is 1. The zero-order chi connectivity index (χ0) is 17.6. The largest absolute Gasteiger partial charge is 0.321 e. The van der Waals surface area contributed by atoms with Crippen molar-refractivity contribution in [3.63, 3.8) is 0 Å². The number of nitrogens with one attached hydrogen (secondary N) is 1. The minimum atomic E-state index is 0.0580. The Labute approximate surface area is 149 Å². The maximum absolute atomic E-state index is 12.6. The van der Waals surface area contributed by atoms with Gasteiger partial charge in [0, 0.05) is 57.4 Å². The third-order valence-corrected chi connectivity index (χ3v) is 5.74. The van der Waals surface area contributed by atoms with Crippen molar-refractivity contribution in [2.24, 2.45) is 0 Å². The van der Waals surface area contributed by atoms with E-state index in [1.54, 1.807) is 0 Å². The summed E-state index contributed by atoms with van der Waals surface area (Å²) in [5.41, 5.74) is 4.29. The summed E-state index contributed by atoms with van der Waals surface area (Å²) in [6.07, 6.45) is 0. The van der Waals surface area contributed by atoms with Gasteiger partial charge >= 0.3 is 0 Å². The van der Waals surface area contributed by atoms with Crippen LogP contribution in [0.25, 0.3) is 10.9 Å². The molecular formula is C20H28N4O. The highest BCUT2D eigenvalue weighted by atomic mass is 16.1. The summed E-state index contributed by atoms with van der Waals surface area (Å²) < 4.78 is 0. The van der Waals surface area contributed by atoms with Crippen molar-refractivity contribution >= 4 is 10.9 Å². The molecule has 1 aromatic carbocycles. The van der Waals surface area contributed by atoms with Crippen molar-refractivity contribution < 1.29 is 0 Å². The fourth-order valence-electron chi connectivity index (χ4n) is 4.41. The highest BCUT2D eigenvalue weighted by molar-refractivity contribution is 5.82. The zero-order valence-corrected chi connectivity index (χ0v) is 15.5. The van der Waals surface area contributed by atoms with E-state index in [9.17, 15) is 4.79 Å². The molecule has 0 radical (unpaired) electrons. The van der Waals surface area contributed by atoms with Gasteiger partial charge < -0.3 is 9.88 Å². The first-order chi connectivity index (χ1) is 12.0. The molecule has 0 bridgehead atoms. The number of fused-ring (bicyclic) bond motifs is 2. The van der Waals surface area contributed by atoms with E-state index in [2.05, 4.69) is 58.8 Å². The predicted molar refractivity (Wildman–Crippen MR) is 102 cm³/mol. The molecule has 0 spiro atoms. The molecular weight excluding hydrogens is 312 g/mol. The molecule has 2 fully saturated rings. The molecule has 5 nitrogen and oxygen atoms in total. The predicted octanol–water partition coefficient (Wildman–Crippen LogP) is 1.58. The Kier molecular flexibility index (Phi) is 4.40. The van der Waals surface area contributed by atoms with E-state index >= 15 is 0 Å². The number of rotatable bonds is 2. The molecule has 2 aliphatic rings. The number of nitrogens with zero attached hydrogens (tertiary/aromatic N) is 3. The molecule has 0 unspecified atom stereocenters. The lowest BCUT2D eigenvalue weighted by Crippen LogP contribution is -2.61. The van der Waals surface area contributed by atoms with Gasteiger partial charge in [0.2, 0.25) is 0 Å². The molecule has 0 saturated carbocycles. The van der Waals surface area contributed by atoms with E-state index in [0.29, 0.717) is 6.04 Å². The molecule has 2 aromatic rings. The number of aromatic nitrogens is 1. The lowest BCUT2D eigenvalue weighted by Gasteiger charge is -2.46. The number of likely N-dealkylation sites (N-methyl/N-ethyl adjacent to an activating group) is 1. The van der Waals surface area contributed by atoms with Gasteiger partial charge in [-0.25, -0.2) is 0 Å². The van der Waals surface area contributed by atoms with Gasteiger partial charge in [0.15, 0.2) is 0 Å². The van der Waals surface area contributed by atoms with Crippen LogP contribution in [-0.2, 0) is 6.54 Å². The monoisotopic (exact) mass is 340 g/mol. The minimum absolute atomic E-state index is 0.0580. The standard InChI is InChI=1S/C20H28N4O/c1-14-8-15(2)19-16(9-14)10-17(20(25)21-19)11-23-5-7-24-6-4-22(3)12-18(24)13-23/h8-10,18H,4-7,11-13H2,1-3H3,(H,21,25)/t18-/m1/s1. The first-order valence-electron chi connectivity index (χ1n) is 9.28. The van der Waals surface area contributed by atoms with Crippen molar-refractivity contribution in [1.29, 1.82) is 0 Å². The van der Waals surface area contributed by atoms with E-state index in [-0.39, 0.29) is 5.56 Å². The van der Waals surface area contributed by atoms with E-state index < -0.39 is 0 Å². The second-order valence-corrected chi connectivity index (χ2v) is 7.86. The summed E-state index contributed by atoms with van der Waals surface area (Å²) in [5, 5.41) is 1.14. The van der Waals surface area contributed by atoms with Crippen LogP contribution in [-0.4, -0.2) is 72.0 Å². The topological polar surface area (TPSA) is 42.6 Å². The van der Waals surface area contributed by atoms with Gasteiger partial charge in [0.1, 0.15) is 0 Å². The molecule has 1 atom stereocenters. The fraction of sp³-hybridized carbons (Fsp3) is 0.550. The Bertz CT molecular complexity index is 843. The Morgan fingerprint density at radius 3 is 2.72 bits per heavy atom. The number of hydrogen-bond acceptors (Lipinski definition) is 4. The fourth-order valence-corrected chi connectivity index (χ4v) is 4.41. The summed E-state index contributed by atoms with van der Waals surface area (Å²) in [5.74, 6) is 0. The second-order valence-electron chi connectivity index (χ2n) is 7.86. The number of aromatic amines is 1. The number of hydrogen-bond donors (Lipinski definition) is 1. The average molecular weight is 340 g/mol. The Morgan fingerprint density at radius 2 is 1.88 bits per heavy atom. The summed E-state index contributed by atoms with van der Waals surface area (Å²) in [6, 6.07) is 6.97. The van der Waals surface area contributed by atoms with Crippen LogP contribution in [0.1, 0.15) is 16.7 Å². The Morgan fingerprint density at radius 1 is 1.08 bits per heavy atom. The first-order valence-corrected chi connectivity index (χ1v) is 9.28. The molecule has 3 heterocycles. The number of pyridine rings is 1. The maximum Gasteiger partial charge on any atom is 0.252 e. The van der Waals surface area contributed by atoms with Gasteiger partial charge in [-0.1, -0.05) is 11.6 Å². The maximum atomic E-state index is 12.6. The van der Waals surface area contributed by atoms with Crippen molar-refractivity contribution in [3.05, 3.63) is 45.2 Å². The van der Waals surface area contributed by atoms with E-state index in [0.717, 1.165) is 54.8 Å².